The molecule has 0 radical (unpaired) electrons. The first-order valence-electron chi connectivity index (χ1n) is 7.65. The predicted octanol–water partition coefficient (Wildman–Crippen LogP) is 2.50. The van der Waals surface area contributed by atoms with E-state index in [2.05, 4.69) is 5.32 Å². The van der Waals surface area contributed by atoms with Crippen LogP contribution >= 0.6 is 11.6 Å². The number of rotatable bonds is 4. The van der Waals surface area contributed by atoms with E-state index in [1.54, 1.807) is 47.5 Å². The average molecular weight is 344 g/mol. The lowest BCUT2D eigenvalue weighted by Gasteiger charge is -2.06. The highest BCUT2D eigenvalue weighted by Gasteiger charge is 2.09. The van der Waals surface area contributed by atoms with E-state index in [0.29, 0.717) is 23.6 Å². The summed E-state index contributed by atoms with van der Waals surface area (Å²) in [6.07, 6.45) is 0.686. The van der Waals surface area contributed by atoms with Crippen molar-refractivity contribution in [3.05, 3.63) is 69.1 Å². The summed E-state index contributed by atoms with van der Waals surface area (Å²) in [5, 5.41) is 3.42. The average Bonchev–Trinajstić information content (AvgIpc) is 2.79. The van der Waals surface area contributed by atoms with Gasteiger partial charge in [-0.15, -0.1) is 0 Å². The molecule has 3 aromatic rings. The third-order valence-electron chi connectivity index (χ3n) is 4.12. The van der Waals surface area contributed by atoms with Gasteiger partial charge >= 0.3 is 5.69 Å². The Balaban J connectivity index is 1.69. The van der Waals surface area contributed by atoms with Gasteiger partial charge < -0.3 is 5.32 Å². The third kappa shape index (κ3) is 3.08. The van der Waals surface area contributed by atoms with E-state index in [4.69, 9.17) is 11.6 Å². The van der Waals surface area contributed by atoms with Gasteiger partial charge in [-0.1, -0.05) is 23.7 Å². The Hall–Kier alpha value is -2.53. The molecule has 1 heterocycles. The smallest absolute Gasteiger partial charge is 0.328 e. The molecule has 24 heavy (non-hydrogen) atoms. The highest BCUT2D eigenvalue weighted by Crippen LogP contribution is 2.14. The number of amides is 1. The molecule has 2 aromatic carbocycles. The number of halogens is 1. The quantitative estimate of drug-likeness (QED) is 0.791. The first kappa shape index (κ1) is 16.3. The molecule has 0 unspecified atom stereocenters. The van der Waals surface area contributed by atoms with Gasteiger partial charge in [-0.3, -0.25) is 13.9 Å². The molecule has 0 fully saturated rings. The van der Waals surface area contributed by atoms with E-state index in [1.807, 2.05) is 18.2 Å². The summed E-state index contributed by atoms with van der Waals surface area (Å²) in [6, 6.07) is 12.8. The van der Waals surface area contributed by atoms with E-state index >= 15 is 0 Å². The summed E-state index contributed by atoms with van der Waals surface area (Å²) >= 11 is 5.89. The standard InChI is InChI=1S/C18H18ClN3O2/c1-21-15-7-6-12(10-16(15)22(2)18(21)24)8-9-20-17(23)13-4-3-5-14(19)11-13/h3-7,10-11H,8-9H2,1-2H3,(H,20,23). The SMILES string of the molecule is Cn1c(=O)n(C)c2cc(CCNC(=O)c3cccc(Cl)c3)ccc21. The molecule has 1 N–H and O–H groups in total. The molecule has 5 nitrogen and oxygen atoms in total. The van der Waals surface area contributed by atoms with Crippen molar-refractivity contribution in [2.75, 3.05) is 6.54 Å². The summed E-state index contributed by atoms with van der Waals surface area (Å²) in [6.45, 7) is 0.512. The number of benzene rings is 2. The summed E-state index contributed by atoms with van der Waals surface area (Å²) < 4.78 is 3.25. The van der Waals surface area contributed by atoms with Gasteiger partial charge in [-0.2, -0.15) is 0 Å². The number of nitrogens with zero attached hydrogens (tertiary/aromatic N) is 2. The zero-order valence-corrected chi connectivity index (χ0v) is 14.3. The topological polar surface area (TPSA) is 56.0 Å². The summed E-state index contributed by atoms with van der Waals surface area (Å²) in [5.74, 6) is -0.148. The van der Waals surface area contributed by atoms with Crippen molar-refractivity contribution in [2.24, 2.45) is 14.1 Å². The van der Waals surface area contributed by atoms with Gasteiger partial charge in [0.2, 0.25) is 0 Å². The van der Waals surface area contributed by atoms with E-state index < -0.39 is 0 Å². The van der Waals surface area contributed by atoms with E-state index in [0.717, 1.165) is 16.6 Å². The van der Waals surface area contributed by atoms with Crippen LogP contribution in [0.3, 0.4) is 0 Å². The fourth-order valence-electron chi connectivity index (χ4n) is 2.76. The first-order valence-corrected chi connectivity index (χ1v) is 8.03. The Bertz CT molecular complexity index is 972. The molecular weight excluding hydrogens is 326 g/mol. The van der Waals surface area contributed by atoms with Crippen molar-refractivity contribution in [3.8, 4) is 0 Å². The molecular formula is C18H18ClN3O2. The van der Waals surface area contributed by atoms with Crippen LogP contribution in [0.2, 0.25) is 5.02 Å². The van der Waals surface area contributed by atoms with E-state index in [-0.39, 0.29) is 11.6 Å². The number of aromatic nitrogens is 2. The zero-order valence-electron chi connectivity index (χ0n) is 13.5. The van der Waals surface area contributed by atoms with E-state index in [9.17, 15) is 9.59 Å². The molecule has 0 aliphatic carbocycles. The second kappa shape index (κ2) is 6.53. The lowest BCUT2D eigenvalue weighted by atomic mass is 10.1. The normalized spacial score (nSPS) is 11.0. The monoisotopic (exact) mass is 343 g/mol. The van der Waals surface area contributed by atoms with Crippen LogP contribution in [0.1, 0.15) is 15.9 Å². The van der Waals surface area contributed by atoms with Gasteiger partial charge in [0.1, 0.15) is 0 Å². The number of fused-ring (bicyclic) bond motifs is 1. The van der Waals surface area contributed by atoms with Gasteiger partial charge in [0, 0.05) is 31.2 Å². The lowest BCUT2D eigenvalue weighted by Crippen LogP contribution is -2.25. The van der Waals surface area contributed by atoms with Crippen LogP contribution in [0, 0.1) is 0 Å². The van der Waals surface area contributed by atoms with Gasteiger partial charge in [-0.25, -0.2) is 4.79 Å². The molecule has 0 saturated carbocycles. The molecule has 1 amide bonds. The maximum atomic E-state index is 12.1. The van der Waals surface area contributed by atoms with Gasteiger partial charge in [-0.05, 0) is 42.3 Å². The van der Waals surface area contributed by atoms with Gasteiger partial charge in [0.05, 0.1) is 11.0 Å². The zero-order chi connectivity index (χ0) is 17.3. The van der Waals surface area contributed by atoms with Crippen molar-refractivity contribution < 1.29 is 4.79 Å². The fourth-order valence-corrected chi connectivity index (χ4v) is 2.95. The Morgan fingerprint density at radius 3 is 2.58 bits per heavy atom. The second-order valence-electron chi connectivity index (χ2n) is 5.74. The maximum absolute atomic E-state index is 12.1. The number of nitrogens with one attached hydrogen (secondary N) is 1. The molecule has 0 bridgehead atoms. The van der Waals surface area contributed by atoms with Crippen LogP contribution in [-0.2, 0) is 20.5 Å². The number of carbonyl (C=O) groups excluding carboxylic acids is 1. The molecule has 6 heteroatoms. The van der Waals surface area contributed by atoms with Crippen molar-refractivity contribution in [1.82, 2.24) is 14.5 Å². The minimum absolute atomic E-state index is 0.0450. The molecule has 3 rings (SSSR count). The van der Waals surface area contributed by atoms with Crippen molar-refractivity contribution in [1.29, 1.82) is 0 Å². The van der Waals surface area contributed by atoms with Crippen molar-refractivity contribution in [3.63, 3.8) is 0 Å². The molecule has 0 aliphatic rings. The fraction of sp³-hybridized carbons (Fsp3) is 0.222. The van der Waals surface area contributed by atoms with Crippen LogP contribution in [0.5, 0.6) is 0 Å². The minimum atomic E-state index is -0.148. The van der Waals surface area contributed by atoms with E-state index in [1.165, 1.54) is 0 Å². The van der Waals surface area contributed by atoms with Gasteiger partial charge in [0.25, 0.3) is 5.91 Å². The number of hydrogen-bond donors (Lipinski definition) is 1. The molecule has 124 valence electrons. The third-order valence-corrected chi connectivity index (χ3v) is 4.36. The van der Waals surface area contributed by atoms with Crippen molar-refractivity contribution >= 4 is 28.5 Å². The summed E-state index contributed by atoms with van der Waals surface area (Å²) in [5.41, 5.74) is 3.35. The Kier molecular flexibility index (Phi) is 4.44. The van der Waals surface area contributed by atoms with Crippen LogP contribution < -0.4 is 11.0 Å². The van der Waals surface area contributed by atoms with Crippen molar-refractivity contribution in [2.45, 2.75) is 6.42 Å². The molecule has 0 spiro atoms. The predicted molar refractivity (Wildman–Crippen MR) is 95.6 cm³/mol. The molecule has 0 atom stereocenters. The maximum Gasteiger partial charge on any atom is 0.328 e. The van der Waals surface area contributed by atoms with Crippen LogP contribution in [0.25, 0.3) is 11.0 Å². The number of hydrogen-bond acceptors (Lipinski definition) is 2. The summed E-state index contributed by atoms with van der Waals surface area (Å²) in [7, 11) is 3.52. The molecule has 0 aliphatic heterocycles. The van der Waals surface area contributed by atoms with Crippen LogP contribution in [0.4, 0.5) is 0 Å². The molecule has 1 aromatic heterocycles. The lowest BCUT2D eigenvalue weighted by molar-refractivity contribution is 0.0954. The molecule has 0 saturated heterocycles. The summed E-state index contributed by atoms with van der Waals surface area (Å²) in [4.78, 5) is 24.0. The van der Waals surface area contributed by atoms with Crippen LogP contribution in [0.15, 0.2) is 47.3 Å². The Morgan fingerprint density at radius 2 is 1.83 bits per heavy atom. The number of carbonyl (C=O) groups is 1. The Morgan fingerprint density at radius 1 is 1.08 bits per heavy atom. The number of imidazole rings is 1. The second-order valence-corrected chi connectivity index (χ2v) is 6.18. The largest absolute Gasteiger partial charge is 0.352 e. The highest BCUT2D eigenvalue weighted by atomic mass is 35.5. The van der Waals surface area contributed by atoms with Crippen LogP contribution in [-0.4, -0.2) is 21.6 Å². The van der Waals surface area contributed by atoms with Gasteiger partial charge in [0.15, 0.2) is 0 Å². The highest BCUT2D eigenvalue weighted by molar-refractivity contribution is 6.30. The Labute approximate surface area is 144 Å². The first-order chi connectivity index (χ1) is 11.5. The minimum Gasteiger partial charge on any atom is -0.352 e. The number of aryl methyl sites for hydroxylation is 2.